The van der Waals surface area contributed by atoms with Crippen molar-refractivity contribution in [2.75, 3.05) is 12.3 Å². The Kier molecular flexibility index (Phi) is 19.5. The Morgan fingerprint density at radius 1 is 0.941 bits per heavy atom. The maximum absolute atomic E-state index is 15.1. The smallest absolute Gasteiger partial charge is 0.347 e. The van der Waals surface area contributed by atoms with Crippen LogP contribution in [0.15, 0.2) is 11.1 Å². The van der Waals surface area contributed by atoms with Crippen LogP contribution in [0.2, 0.25) is 0 Å². The molecule has 6 atom stereocenters. The summed E-state index contributed by atoms with van der Waals surface area (Å²) in [6.07, 6.45) is 20.3. The number of hydrogen-bond donors (Lipinski definition) is 3. The highest BCUT2D eigenvalue weighted by Crippen LogP contribution is 2.32. The monoisotopic (exact) mass is 720 g/mol. The molecular weight excluding hydrogens is 655 g/mol. The van der Waals surface area contributed by atoms with Crippen LogP contribution in [-0.2, 0) is 23.8 Å². The molecule has 3 rings (SSSR count). The first-order chi connectivity index (χ1) is 24.7. The number of ether oxygens (including phenoxy) is 3. The van der Waals surface area contributed by atoms with E-state index in [1.807, 2.05) is 13.8 Å². The van der Waals surface area contributed by atoms with Gasteiger partial charge in [-0.25, -0.2) is 14.2 Å². The molecule has 0 amide bonds. The van der Waals surface area contributed by atoms with Crippen LogP contribution in [0, 0.1) is 5.92 Å². The maximum Gasteiger partial charge on any atom is 0.347 e. The first kappa shape index (κ1) is 42.4. The predicted octanol–water partition coefficient (Wildman–Crippen LogP) is 7.59. The van der Waals surface area contributed by atoms with E-state index in [-0.39, 0.29) is 36.1 Å². The van der Waals surface area contributed by atoms with Gasteiger partial charge in [0, 0.05) is 6.42 Å². The zero-order valence-electron chi connectivity index (χ0n) is 31.4. The Morgan fingerprint density at radius 3 is 2.04 bits per heavy atom. The fourth-order valence-corrected chi connectivity index (χ4v) is 6.58. The first-order valence-electron chi connectivity index (χ1n) is 19.8. The molecule has 51 heavy (non-hydrogen) atoms. The molecule has 0 radical (unpaired) electrons. The quantitative estimate of drug-likeness (QED) is 0.0615. The summed E-state index contributed by atoms with van der Waals surface area (Å²) in [5.74, 6) is -1.61. The number of nitrogens with one attached hydrogen (secondary N) is 1. The number of nitrogens with two attached hydrogens (primary N) is 2. The van der Waals surface area contributed by atoms with Crippen molar-refractivity contribution in [1.29, 1.82) is 0 Å². The number of alkyl halides is 1. The third-order valence-electron chi connectivity index (χ3n) is 10.2. The van der Waals surface area contributed by atoms with E-state index in [1.165, 1.54) is 101 Å². The number of carbonyl (C=O) groups excluding carboxylic acids is 2. The van der Waals surface area contributed by atoms with E-state index in [9.17, 15) is 14.4 Å². The van der Waals surface area contributed by atoms with Gasteiger partial charge in [-0.2, -0.15) is 4.98 Å². The first-order valence-corrected chi connectivity index (χ1v) is 19.8. The van der Waals surface area contributed by atoms with Gasteiger partial charge in [-0.05, 0) is 18.8 Å². The van der Waals surface area contributed by atoms with Crippen molar-refractivity contribution in [3.05, 3.63) is 16.7 Å². The number of halogens is 1. The van der Waals surface area contributed by atoms with Crippen molar-refractivity contribution in [2.45, 2.75) is 186 Å². The summed E-state index contributed by atoms with van der Waals surface area (Å²) in [7, 11) is 0. The molecule has 2 unspecified atom stereocenters. The largest absolute Gasteiger partial charge is 0.460 e. The molecule has 0 saturated carbocycles. The number of imidazole rings is 1. The molecule has 2 aromatic rings. The third kappa shape index (κ3) is 14.5. The lowest BCUT2D eigenvalue weighted by Gasteiger charge is -2.22. The van der Waals surface area contributed by atoms with Crippen molar-refractivity contribution < 1.29 is 28.2 Å². The van der Waals surface area contributed by atoms with E-state index < -0.39 is 48.1 Å². The number of hydrogen-bond acceptors (Lipinski definition) is 10. The molecule has 2 aromatic heterocycles. The van der Waals surface area contributed by atoms with Gasteiger partial charge < -0.3 is 25.7 Å². The van der Waals surface area contributed by atoms with Gasteiger partial charge in [-0.15, -0.1) is 0 Å². The van der Waals surface area contributed by atoms with Gasteiger partial charge in [0.2, 0.25) is 5.95 Å². The van der Waals surface area contributed by atoms with Crippen molar-refractivity contribution in [3.63, 3.8) is 0 Å². The zero-order chi connectivity index (χ0) is 37.0. The molecule has 1 aliphatic heterocycles. The average molecular weight is 721 g/mol. The maximum atomic E-state index is 15.1. The summed E-state index contributed by atoms with van der Waals surface area (Å²) in [4.78, 5) is 48.7. The van der Waals surface area contributed by atoms with Crippen LogP contribution in [0.3, 0.4) is 0 Å². The van der Waals surface area contributed by atoms with Gasteiger partial charge in [-0.1, -0.05) is 136 Å². The van der Waals surface area contributed by atoms with E-state index in [0.717, 1.165) is 19.3 Å². The zero-order valence-corrected chi connectivity index (χ0v) is 31.4. The lowest BCUT2D eigenvalue weighted by atomic mass is 10.0. The Morgan fingerprint density at radius 2 is 1.49 bits per heavy atom. The highest BCUT2D eigenvalue weighted by atomic mass is 19.1. The highest BCUT2D eigenvalue weighted by molar-refractivity contribution is 5.82. The number of carbonyl (C=O) groups is 2. The molecule has 0 bridgehead atoms. The van der Waals surface area contributed by atoms with Crippen molar-refractivity contribution in [1.82, 2.24) is 19.5 Å². The van der Waals surface area contributed by atoms with E-state index in [0.29, 0.717) is 19.3 Å². The summed E-state index contributed by atoms with van der Waals surface area (Å²) in [6.45, 7) is 5.68. The lowest BCUT2D eigenvalue weighted by Crippen LogP contribution is -2.42. The number of nitrogens with zero attached hydrogens (tertiary/aromatic N) is 3. The molecule has 5 N–H and O–H groups in total. The van der Waals surface area contributed by atoms with Crippen LogP contribution >= 0.6 is 0 Å². The minimum absolute atomic E-state index is 0.0536. The fraction of sp³-hybridized carbons (Fsp3) is 0.816. The highest BCUT2D eigenvalue weighted by Gasteiger charge is 2.39. The fourth-order valence-electron chi connectivity index (χ4n) is 6.58. The minimum atomic E-state index is -1.46. The van der Waals surface area contributed by atoms with Gasteiger partial charge in [0.15, 0.2) is 17.3 Å². The Balaban J connectivity index is 1.36. The number of aromatic nitrogens is 4. The standard InChI is InChI=1S/C38H65FN6O6/c1-4-6-7-8-9-10-11-12-13-14-15-16-17-18-19-20-21-22-23-29(51-37(48)32(40)27(3)5-2)36(47)49-25-30-28(39)24-31(50-30)45-26-42-33-34(45)43-38(41)44-35(33)46/h26-32H,4-25,40H2,1-3H3,(H3,41,43,44,46)/t27-,28?,29?,30+,31+,32-/m0/s1. The van der Waals surface area contributed by atoms with Crippen LogP contribution in [0.5, 0.6) is 0 Å². The molecule has 0 spiro atoms. The Hall–Kier alpha value is -3.06. The van der Waals surface area contributed by atoms with E-state index in [2.05, 4.69) is 21.9 Å². The van der Waals surface area contributed by atoms with Gasteiger partial charge in [-0.3, -0.25) is 19.1 Å². The predicted molar refractivity (Wildman–Crippen MR) is 198 cm³/mol. The number of rotatable bonds is 27. The van der Waals surface area contributed by atoms with Crippen LogP contribution in [-0.4, -0.2) is 62.5 Å². The molecule has 3 heterocycles. The molecule has 0 aromatic carbocycles. The van der Waals surface area contributed by atoms with Crippen LogP contribution < -0.4 is 17.0 Å². The number of esters is 2. The van der Waals surface area contributed by atoms with Crippen LogP contribution in [0.4, 0.5) is 10.3 Å². The molecule has 13 heteroatoms. The van der Waals surface area contributed by atoms with Gasteiger partial charge in [0.25, 0.3) is 5.56 Å². The molecule has 1 fully saturated rings. The number of anilines is 1. The summed E-state index contributed by atoms with van der Waals surface area (Å²) in [5, 5.41) is 0. The molecular formula is C38H65FN6O6. The molecule has 1 aliphatic rings. The molecule has 12 nitrogen and oxygen atoms in total. The Labute approximate surface area is 303 Å². The average Bonchev–Trinajstić information content (AvgIpc) is 3.71. The second kappa shape index (κ2) is 23.5. The lowest BCUT2D eigenvalue weighted by molar-refractivity contribution is -0.173. The second-order valence-electron chi connectivity index (χ2n) is 14.4. The van der Waals surface area contributed by atoms with E-state index >= 15 is 4.39 Å². The summed E-state index contributed by atoms with van der Waals surface area (Å²) in [5.41, 5.74) is 11.5. The number of H-pyrrole nitrogens is 1. The summed E-state index contributed by atoms with van der Waals surface area (Å²) in [6, 6.07) is -0.861. The number of nitrogen functional groups attached to an aromatic ring is 1. The van der Waals surface area contributed by atoms with E-state index in [1.54, 1.807) is 0 Å². The van der Waals surface area contributed by atoms with Crippen molar-refractivity contribution in [2.24, 2.45) is 11.7 Å². The Bertz CT molecular complexity index is 1350. The number of aromatic amines is 1. The SMILES string of the molecule is CCCCCCCCCCCCCCCCCCCCC(OC(=O)[C@@H](N)[C@@H](C)CC)C(=O)OC[C@H]1O[C@@H](n2cnc3c(=O)[nH]c(N)nc32)CC1F. The molecule has 290 valence electrons. The van der Waals surface area contributed by atoms with E-state index in [4.69, 9.17) is 25.7 Å². The second-order valence-corrected chi connectivity index (χ2v) is 14.4. The van der Waals surface area contributed by atoms with Crippen molar-refractivity contribution in [3.8, 4) is 0 Å². The molecule has 1 saturated heterocycles. The molecule has 0 aliphatic carbocycles. The van der Waals surface area contributed by atoms with Gasteiger partial charge in [0.05, 0.1) is 6.33 Å². The minimum Gasteiger partial charge on any atom is -0.460 e. The summed E-state index contributed by atoms with van der Waals surface area (Å²) >= 11 is 0. The van der Waals surface area contributed by atoms with Gasteiger partial charge >= 0.3 is 11.9 Å². The van der Waals surface area contributed by atoms with Gasteiger partial charge in [0.1, 0.15) is 31.2 Å². The summed E-state index contributed by atoms with van der Waals surface area (Å²) < 4.78 is 33.4. The number of unbranched alkanes of at least 4 members (excludes halogenated alkanes) is 17. The van der Waals surface area contributed by atoms with Crippen LogP contribution in [0.25, 0.3) is 11.2 Å². The normalized spacial score (nSPS) is 19.3. The number of fused-ring (bicyclic) bond motifs is 1. The van der Waals surface area contributed by atoms with Crippen LogP contribution in [0.1, 0.15) is 162 Å². The van der Waals surface area contributed by atoms with Crippen molar-refractivity contribution >= 4 is 29.1 Å². The topological polar surface area (TPSA) is 177 Å². The third-order valence-corrected chi connectivity index (χ3v) is 10.2.